The van der Waals surface area contributed by atoms with Gasteiger partial charge in [0.25, 0.3) is 0 Å². The van der Waals surface area contributed by atoms with Crippen LogP contribution in [0.3, 0.4) is 0 Å². The van der Waals surface area contributed by atoms with Crippen molar-refractivity contribution in [2.24, 2.45) is 0 Å². The van der Waals surface area contributed by atoms with Gasteiger partial charge in [-0.1, -0.05) is 0 Å². The van der Waals surface area contributed by atoms with E-state index in [4.69, 9.17) is 0 Å². The third kappa shape index (κ3) is 4.16. The second-order valence-corrected chi connectivity index (χ2v) is 4.43. The first-order valence-corrected chi connectivity index (χ1v) is 5.63. The van der Waals surface area contributed by atoms with E-state index in [0.29, 0.717) is 0 Å². The lowest BCUT2D eigenvalue weighted by Gasteiger charge is -2.34. The summed E-state index contributed by atoms with van der Waals surface area (Å²) in [6.45, 7) is 4.33. The Bertz CT molecular complexity index is 278. The minimum atomic E-state index is -0.599. The molecule has 2 N–H and O–H groups in total. The number of methoxy groups -OCH3 is 1. The van der Waals surface area contributed by atoms with Gasteiger partial charge in [0.05, 0.1) is 12.6 Å². The third-order valence-electron chi connectivity index (χ3n) is 3.02. The van der Waals surface area contributed by atoms with Crippen molar-refractivity contribution in [3.8, 4) is 0 Å². The molecular formula is C11H21ClN2O3. The first kappa shape index (κ1) is 16.2. The molecule has 2 atom stereocenters. The molecule has 0 radical (unpaired) electrons. The Morgan fingerprint density at radius 2 is 2.06 bits per heavy atom. The van der Waals surface area contributed by atoms with Gasteiger partial charge in [-0.25, -0.2) is 4.79 Å². The quantitative estimate of drug-likeness (QED) is 0.734. The van der Waals surface area contributed by atoms with Gasteiger partial charge >= 0.3 is 5.97 Å². The molecule has 0 aliphatic carbocycles. The number of halogens is 1. The zero-order valence-corrected chi connectivity index (χ0v) is 11.4. The minimum Gasteiger partial charge on any atom is -0.467 e. The Labute approximate surface area is 108 Å². The van der Waals surface area contributed by atoms with E-state index in [2.05, 4.69) is 15.4 Å². The molecule has 17 heavy (non-hydrogen) atoms. The van der Waals surface area contributed by atoms with Gasteiger partial charge in [-0.2, -0.15) is 0 Å². The molecule has 1 rings (SSSR count). The molecule has 0 spiro atoms. The molecule has 1 aliphatic heterocycles. The van der Waals surface area contributed by atoms with Crippen molar-refractivity contribution >= 4 is 24.3 Å². The fraction of sp³-hybridized carbons (Fsp3) is 0.818. The summed E-state index contributed by atoms with van der Waals surface area (Å²) in [4.78, 5) is 23.1. The van der Waals surface area contributed by atoms with Crippen molar-refractivity contribution in [3.05, 3.63) is 0 Å². The Morgan fingerprint density at radius 3 is 2.53 bits per heavy atom. The van der Waals surface area contributed by atoms with Crippen LogP contribution in [0.2, 0.25) is 0 Å². The molecular weight excluding hydrogens is 244 g/mol. The van der Waals surface area contributed by atoms with Gasteiger partial charge in [-0.15, -0.1) is 12.4 Å². The highest BCUT2D eigenvalue weighted by molar-refractivity contribution is 5.90. The van der Waals surface area contributed by atoms with Crippen LogP contribution < -0.4 is 10.6 Å². The Balaban J connectivity index is 0.00000256. The SMILES string of the molecule is COC(=O)[C@H](C)NC(=O)C1(C)CCCCN1.Cl. The maximum absolute atomic E-state index is 12.0. The van der Waals surface area contributed by atoms with Crippen molar-refractivity contribution < 1.29 is 14.3 Å². The molecule has 5 nitrogen and oxygen atoms in total. The monoisotopic (exact) mass is 264 g/mol. The van der Waals surface area contributed by atoms with E-state index in [9.17, 15) is 9.59 Å². The Kier molecular flexibility index (Phi) is 6.49. The summed E-state index contributed by atoms with van der Waals surface area (Å²) >= 11 is 0. The number of nitrogens with one attached hydrogen (secondary N) is 2. The van der Waals surface area contributed by atoms with Crippen LogP contribution >= 0.6 is 12.4 Å². The van der Waals surface area contributed by atoms with Crippen molar-refractivity contribution in [2.45, 2.75) is 44.7 Å². The van der Waals surface area contributed by atoms with E-state index in [1.54, 1.807) is 6.92 Å². The van der Waals surface area contributed by atoms with Crippen LogP contribution in [0.25, 0.3) is 0 Å². The number of piperidine rings is 1. The van der Waals surface area contributed by atoms with Gasteiger partial charge in [0.15, 0.2) is 0 Å². The fourth-order valence-corrected chi connectivity index (χ4v) is 1.84. The number of hydrogen-bond acceptors (Lipinski definition) is 4. The van der Waals surface area contributed by atoms with Gasteiger partial charge in [0.1, 0.15) is 6.04 Å². The molecule has 1 unspecified atom stereocenters. The number of carbonyl (C=O) groups is 2. The largest absolute Gasteiger partial charge is 0.467 e. The van der Waals surface area contributed by atoms with Gasteiger partial charge < -0.3 is 15.4 Å². The van der Waals surface area contributed by atoms with Crippen LogP contribution in [0.1, 0.15) is 33.1 Å². The molecule has 0 aromatic rings. The number of rotatable bonds is 3. The number of carbonyl (C=O) groups excluding carboxylic acids is 2. The normalized spacial score (nSPS) is 25.4. The van der Waals surface area contributed by atoms with Crippen LogP contribution in [-0.2, 0) is 14.3 Å². The van der Waals surface area contributed by atoms with Gasteiger partial charge in [0, 0.05) is 0 Å². The highest BCUT2D eigenvalue weighted by Crippen LogP contribution is 2.18. The first-order valence-electron chi connectivity index (χ1n) is 5.63. The molecule has 1 amide bonds. The van der Waals surface area contributed by atoms with E-state index in [1.165, 1.54) is 7.11 Å². The summed E-state index contributed by atoms with van der Waals surface area (Å²) in [6.07, 6.45) is 2.92. The second kappa shape index (κ2) is 6.81. The summed E-state index contributed by atoms with van der Waals surface area (Å²) < 4.78 is 4.56. The molecule has 0 saturated carbocycles. The van der Waals surface area contributed by atoms with Crippen molar-refractivity contribution in [1.29, 1.82) is 0 Å². The molecule has 1 fully saturated rings. The predicted molar refractivity (Wildman–Crippen MR) is 67.1 cm³/mol. The van der Waals surface area contributed by atoms with E-state index in [1.807, 2.05) is 6.92 Å². The summed E-state index contributed by atoms with van der Waals surface area (Å²) in [5.74, 6) is -0.558. The lowest BCUT2D eigenvalue weighted by atomic mass is 9.90. The first-order chi connectivity index (χ1) is 7.49. The zero-order chi connectivity index (χ0) is 12.2. The maximum Gasteiger partial charge on any atom is 0.328 e. The molecule has 6 heteroatoms. The van der Waals surface area contributed by atoms with Crippen LogP contribution in [0.15, 0.2) is 0 Å². The van der Waals surface area contributed by atoms with Gasteiger partial charge in [0.2, 0.25) is 5.91 Å². The molecule has 100 valence electrons. The van der Waals surface area contributed by atoms with Crippen LogP contribution in [0, 0.1) is 0 Å². The third-order valence-corrected chi connectivity index (χ3v) is 3.02. The van der Waals surface area contributed by atoms with E-state index in [-0.39, 0.29) is 18.3 Å². The minimum absolute atomic E-state index is 0. The van der Waals surface area contributed by atoms with Gasteiger partial charge in [-0.05, 0) is 39.7 Å². The predicted octanol–water partition coefficient (Wildman–Crippen LogP) is 0.618. The van der Waals surface area contributed by atoms with Gasteiger partial charge in [-0.3, -0.25) is 4.79 Å². The standard InChI is InChI=1S/C11H20N2O3.ClH/c1-8(9(14)16-3)13-10(15)11(2)6-4-5-7-12-11;/h8,12H,4-7H2,1-3H3,(H,13,15);1H/t8-,11?;/m0./s1. The molecule has 0 aromatic heterocycles. The fourth-order valence-electron chi connectivity index (χ4n) is 1.84. The summed E-state index contributed by atoms with van der Waals surface area (Å²) in [7, 11) is 1.31. The summed E-state index contributed by atoms with van der Waals surface area (Å²) in [6, 6.07) is -0.599. The number of ether oxygens (including phenoxy) is 1. The Morgan fingerprint density at radius 1 is 1.41 bits per heavy atom. The molecule has 0 bridgehead atoms. The number of esters is 1. The zero-order valence-electron chi connectivity index (χ0n) is 10.5. The smallest absolute Gasteiger partial charge is 0.328 e. The number of hydrogen-bond donors (Lipinski definition) is 2. The van der Waals surface area contributed by atoms with Crippen molar-refractivity contribution in [3.63, 3.8) is 0 Å². The van der Waals surface area contributed by atoms with E-state index < -0.39 is 17.6 Å². The Hall–Kier alpha value is -0.810. The van der Waals surface area contributed by atoms with E-state index in [0.717, 1.165) is 25.8 Å². The summed E-state index contributed by atoms with van der Waals surface area (Å²) in [5, 5.41) is 5.86. The topological polar surface area (TPSA) is 67.4 Å². The highest BCUT2D eigenvalue weighted by atomic mass is 35.5. The lowest BCUT2D eigenvalue weighted by molar-refractivity contribution is -0.145. The van der Waals surface area contributed by atoms with Crippen molar-refractivity contribution in [2.75, 3.05) is 13.7 Å². The molecule has 1 saturated heterocycles. The summed E-state index contributed by atoms with van der Waals surface area (Å²) in [5.41, 5.74) is -0.555. The average molecular weight is 265 g/mol. The second-order valence-electron chi connectivity index (χ2n) is 4.43. The molecule has 0 aromatic carbocycles. The van der Waals surface area contributed by atoms with Crippen LogP contribution in [0.5, 0.6) is 0 Å². The molecule has 1 heterocycles. The molecule has 1 aliphatic rings. The van der Waals surface area contributed by atoms with Crippen molar-refractivity contribution in [1.82, 2.24) is 10.6 Å². The average Bonchev–Trinajstić information content (AvgIpc) is 2.28. The maximum atomic E-state index is 12.0. The number of amides is 1. The van der Waals surface area contributed by atoms with Crippen LogP contribution in [0.4, 0.5) is 0 Å². The highest BCUT2D eigenvalue weighted by Gasteiger charge is 2.35. The van der Waals surface area contributed by atoms with Crippen LogP contribution in [-0.4, -0.2) is 37.1 Å². The van der Waals surface area contributed by atoms with E-state index >= 15 is 0 Å². The lowest BCUT2D eigenvalue weighted by Crippen LogP contribution is -2.59.